The smallest absolute Gasteiger partial charge is 0.270 e. The van der Waals surface area contributed by atoms with Gasteiger partial charge in [0.05, 0.1) is 5.69 Å². The Bertz CT molecular complexity index is 1340. The number of pyridine rings is 1. The Balaban J connectivity index is 1.16. The fourth-order valence-corrected chi connectivity index (χ4v) is 4.84. The maximum absolute atomic E-state index is 13.0. The lowest BCUT2D eigenvalue weighted by Gasteiger charge is -2.33. The fourth-order valence-electron chi connectivity index (χ4n) is 4.69. The van der Waals surface area contributed by atoms with Gasteiger partial charge >= 0.3 is 0 Å². The number of rotatable bonds is 7. The number of carbonyl (C=O) groups excluding carboxylic acids is 1. The van der Waals surface area contributed by atoms with Crippen LogP contribution in [-0.4, -0.2) is 34.5 Å². The monoisotopic (exact) mass is 502 g/mol. The molecule has 186 valence electrons. The van der Waals surface area contributed by atoms with Crippen molar-refractivity contribution in [3.8, 4) is 5.75 Å². The van der Waals surface area contributed by atoms with Crippen molar-refractivity contribution in [3.63, 3.8) is 0 Å². The molecule has 1 aliphatic rings. The maximum atomic E-state index is 13.0. The van der Waals surface area contributed by atoms with E-state index >= 15 is 0 Å². The van der Waals surface area contributed by atoms with Crippen molar-refractivity contribution in [3.05, 3.63) is 94.4 Å². The molecule has 0 atom stereocenters. The molecule has 2 aromatic carbocycles. The average molecular weight is 503 g/mol. The summed E-state index contributed by atoms with van der Waals surface area (Å²) in [6.07, 6.45) is 4.71. The number of hydrogen-bond acceptors (Lipinski definition) is 4. The summed E-state index contributed by atoms with van der Waals surface area (Å²) in [5.41, 5.74) is 5.51. The van der Waals surface area contributed by atoms with Gasteiger partial charge in [0, 0.05) is 55.4 Å². The SMILES string of the molecule is CCc1nc2cc(Cl)ccn2c1C(=O)NCc1ccc(N2CCC(Oc3ccc(C)cc3)CC2)cc1. The molecular formula is C29H31ClN4O2. The van der Waals surface area contributed by atoms with Gasteiger partial charge in [-0.2, -0.15) is 0 Å². The van der Waals surface area contributed by atoms with Crippen LogP contribution in [0.2, 0.25) is 5.02 Å². The highest BCUT2D eigenvalue weighted by Gasteiger charge is 2.21. The Hall–Kier alpha value is -3.51. The molecule has 1 saturated heterocycles. The van der Waals surface area contributed by atoms with Crippen LogP contribution >= 0.6 is 11.6 Å². The summed E-state index contributed by atoms with van der Waals surface area (Å²) in [5.74, 6) is 0.811. The van der Waals surface area contributed by atoms with E-state index in [4.69, 9.17) is 16.3 Å². The van der Waals surface area contributed by atoms with Crippen molar-refractivity contribution in [1.82, 2.24) is 14.7 Å². The van der Waals surface area contributed by atoms with Crippen LogP contribution in [0.5, 0.6) is 5.75 Å². The van der Waals surface area contributed by atoms with Crippen LogP contribution in [0.4, 0.5) is 5.69 Å². The van der Waals surface area contributed by atoms with Crippen LogP contribution in [0, 0.1) is 6.92 Å². The maximum Gasteiger partial charge on any atom is 0.270 e. The number of benzene rings is 2. The molecule has 0 aliphatic carbocycles. The van der Waals surface area contributed by atoms with E-state index in [1.807, 2.05) is 19.1 Å². The minimum atomic E-state index is -0.138. The van der Waals surface area contributed by atoms with Crippen molar-refractivity contribution >= 4 is 28.8 Å². The highest BCUT2D eigenvalue weighted by molar-refractivity contribution is 6.30. The molecule has 1 aliphatic heterocycles. The molecule has 0 spiro atoms. The number of nitrogens with one attached hydrogen (secondary N) is 1. The number of hydrogen-bond donors (Lipinski definition) is 1. The molecule has 1 amide bonds. The zero-order chi connectivity index (χ0) is 25.1. The van der Waals surface area contributed by atoms with E-state index in [2.05, 4.69) is 58.5 Å². The molecule has 0 saturated carbocycles. The average Bonchev–Trinajstić information content (AvgIpc) is 3.27. The van der Waals surface area contributed by atoms with Gasteiger partial charge in [0.25, 0.3) is 5.91 Å². The summed E-state index contributed by atoms with van der Waals surface area (Å²) in [6.45, 7) is 6.46. The molecule has 6 nitrogen and oxygen atoms in total. The first-order valence-electron chi connectivity index (χ1n) is 12.5. The van der Waals surface area contributed by atoms with Gasteiger partial charge < -0.3 is 15.0 Å². The summed E-state index contributed by atoms with van der Waals surface area (Å²) in [4.78, 5) is 20.0. The van der Waals surface area contributed by atoms with E-state index in [-0.39, 0.29) is 12.0 Å². The molecule has 0 radical (unpaired) electrons. The number of amides is 1. The van der Waals surface area contributed by atoms with Crippen LogP contribution in [0.3, 0.4) is 0 Å². The number of piperidine rings is 1. The van der Waals surface area contributed by atoms with Gasteiger partial charge in [0.15, 0.2) is 0 Å². The Morgan fingerprint density at radius 2 is 1.81 bits per heavy atom. The van der Waals surface area contributed by atoms with Gasteiger partial charge in [0.1, 0.15) is 23.2 Å². The molecule has 1 N–H and O–H groups in total. The number of aromatic nitrogens is 2. The van der Waals surface area contributed by atoms with Crippen molar-refractivity contribution in [1.29, 1.82) is 0 Å². The van der Waals surface area contributed by atoms with Gasteiger partial charge in [-0.25, -0.2) is 4.98 Å². The molecule has 3 heterocycles. The zero-order valence-corrected chi connectivity index (χ0v) is 21.5. The Morgan fingerprint density at radius 1 is 1.08 bits per heavy atom. The number of carbonyl (C=O) groups is 1. The number of halogens is 1. The third kappa shape index (κ3) is 5.34. The molecule has 2 aromatic heterocycles. The van der Waals surface area contributed by atoms with Crippen molar-refractivity contribution < 1.29 is 9.53 Å². The van der Waals surface area contributed by atoms with E-state index in [0.717, 1.165) is 42.9 Å². The van der Waals surface area contributed by atoms with E-state index < -0.39 is 0 Å². The molecule has 7 heteroatoms. The Kier molecular flexibility index (Phi) is 7.14. The lowest BCUT2D eigenvalue weighted by Crippen LogP contribution is -2.38. The third-order valence-electron chi connectivity index (χ3n) is 6.73. The van der Waals surface area contributed by atoms with E-state index in [1.54, 1.807) is 22.7 Å². The lowest BCUT2D eigenvalue weighted by atomic mass is 10.1. The second kappa shape index (κ2) is 10.6. The van der Waals surface area contributed by atoms with Gasteiger partial charge in [-0.3, -0.25) is 9.20 Å². The summed E-state index contributed by atoms with van der Waals surface area (Å²) in [5, 5.41) is 3.65. The van der Waals surface area contributed by atoms with Crippen molar-refractivity contribution in [2.45, 2.75) is 45.8 Å². The number of fused-ring (bicyclic) bond motifs is 1. The molecule has 0 bridgehead atoms. The third-order valence-corrected chi connectivity index (χ3v) is 6.97. The first-order chi connectivity index (χ1) is 17.5. The number of anilines is 1. The number of aryl methyl sites for hydroxylation is 2. The second-order valence-electron chi connectivity index (χ2n) is 9.30. The van der Waals surface area contributed by atoms with Crippen LogP contribution in [0.15, 0.2) is 66.9 Å². The summed E-state index contributed by atoms with van der Waals surface area (Å²) < 4.78 is 7.97. The topological polar surface area (TPSA) is 58.9 Å². The normalized spacial score (nSPS) is 14.2. The first kappa shape index (κ1) is 24.2. The van der Waals surface area contributed by atoms with Crippen molar-refractivity contribution in [2.24, 2.45) is 0 Å². The molecule has 0 unspecified atom stereocenters. The predicted octanol–water partition coefficient (Wildman–Crippen LogP) is 5.84. The quantitative estimate of drug-likeness (QED) is 0.345. The molecule has 4 aromatic rings. The minimum absolute atomic E-state index is 0.138. The summed E-state index contributed by atoms with van der Waals surface area (Å²) in [7, 11) is 0. The Morgan fingerprint density at radius 3 is 2.50 bits per heavy atom. The van der Waals surface area contributed by atoms with E-state index in [9.17, 15) is 4.79 Å². The van der Waals surface area contributed by atoms with Crippen LogP contribution < -0.4 is 15.0 Å². The van der Waals surface area contributed by atoms with Crippen LogP contribution in [0.25, 0.3) is 5.65 Å². The highest BCUT2D eigenvalue weighted by atomic mass is 35.5. The number of nitrogens with zero attached hydrogens (tertiary/aromatic N) is 3. The van der Waals surface area contributed by atoms with Crippen LogP contribution in [0.1, 0.15) is 47.1 Å². The summed E-state index contributed by atoms with van der Waals surface area (Å²) in [6, 6.07) is 20.2. The van der Waals surface area contributed by atoms with E-state index in [0.29, 0.717) is 29.3 Å². The largest absolute Gasteiger partial charge is 0.490 e. The number of imidazole rings is 1. The fraction of sp³-hybridized carbons (Fsp3) is 0.310. The first-order valence-corrected chi connectivity index (χ1v) is 12.9. The molecule has 36 heavy (non-hydrogen) atoms. The number of ether oxygens (including phenoxy) is 1. The Labute approximate surface area is 216 Å². The molecule has 5 rings (SSSR count). The van der Waals surface area contributed by atoms with Gasteiger partial charge in [-0.15, -0.1) is 0 Å². The lowest BCUT2D eigenvalue weighted by molar-refractivity contribution is 0.0944. The predicted molar refractivity (Wildman–Crippen MR) is 144 cm³/mol. The minimum Gasteiger partial charge on any atom is -0.490 e. The second-order valence-corrected chi connectivity index (χ2v) is 9.74. The highest BCUT2D eigenvalue weighted by Crippen LogP contribution is 2.24. The van der Waals surface area contributed by atoms with Crippen LogP contribution in [-0.2, 0) is 13.0 Å². The van der Waals surface area contributed by atoms with E-state index in [1.165, 1.54) is 11.3 Å². The van der Waals surface area contributed by atoms with Gasteiger partial charge in [-0.1, -0.05) is 48.4 Å². The molecule has 1 fully saturated rings. The van der Waals surface area contributed by atoms with Crippen molar-refractivity contribution in [2.75, 3.05) is 18.0 Å². The standard InChI is InChI=1S/C29H31ClN4O2/c1-3-26-28(34-17-12-22(30)18-27(34)32-26)29(35)31-19-21-6-8-23(9-7-21)33-15-13-25(14-16-33)36-24-10-4-20(2)5-11-24/h4-12,17-18,25H,3,13-16,19H2,1-2H3,(H,31,35). The zero-order valence-electron chi connectivity index (χ0n) is 20.7. The van der Waals surface area contributed by atoms with Gasteiger partial charge in [-0.05, 0) is 49.2 Å². The van der Waals surface area contributed by atoms with Gasteiger partial charge in [0.2, 0.25) is 0 Å². The summed E-state index contributed by atoms with van der Waals surface area (Å²) >= 11 is 6.09. The molecular weight excluding hydrogens is 472 g/mol.